The third kappa shape index (κ3) is 5.73. The molecule has 2 rings (SSSR count). The Morgan fingerprint density at radius 2 is 2.07 bits per heavy atom. The van der Waals surface area contributed by atoms with Gasteiger partial charge in [0.15, 0.2) is 11.5 Å². The number of ether oxygens (including phenoxy) is 2. The molecule has 0 aliphatic rings. The topological polar surface area (TPSA) is 71.3 Å². The Labute approximate surface area is 168 Å². The average molecular weight is 403 g/mol. The van der Waals surface area contributed by atoms with Gasteiger partial charge in [-0.15, -0.1) is 0 Å². The Balaban J connectivity index is 2.19. The molecule has 2 aromatic carbocycles. The number of hydrogen-bond donors (Lipinski definition) is 1. The summed E-state index contributed by atoms with van der Waals surface area (Å²) in [5.41, 5.74) is 0.764. The Morgan fingerprint density at radius 3 is 2.71 bits per heavy atom. The minimum absolute atomic E-state index is 0.122. The Kier molecular flexibility index (Phi) is 7.85. The van der Waals surface area contributed by atoms with Crippen molar-refractivity contribution in [3.8, 4) is 17.6 Å². The summed E-state index contributed by atoms with van der Waals surface area (Å²) in [7, 11) is 1.52. The first-order valence-electron chi connectivity index (χ1n) is 8.67. The van der Waals surface area contributed by atoms with Gasteiger partial charge in [-0.2, -0.15) is 5.26 Å². The maximum atomic E-state index is 13.2. The van der Waals surface area contributed by atoms with E-state index in [1.54, 1.807) is 18.2 Å². The second-order valence-corrected chi connectivity index (χ2v) is 6.27. The van der Waals surface area contributed by atoms with Gasteiger partial charge in [-0.3, -0.25) is 4.79 Å². The van der Waals surface area contributed by atoms with E-state index < -0.39 is 11.7 Å². The van der Waals surface area contributed by atoms with E-state index >= 15 is 0 Å². The van der Waals surface area contributed by atoms with Crippen molar-refractivity contribution >= 4 is 29.3 Å². The lowest BCUT2D eigenvalue weighted by molar-refractivity contribution is -0.112. The smallest absolute Gasteiger partial charge is 0.266 e. The van der Waals surface area contributed by atoms with Gasteiger partial charge in [0.1, 0.15) is 17.5 Å². The maximum Gasteiger partial charge on any atom is 0.266 e. The molecule has 0 saturated heterocycles. The number of nitrogens with zero attached hydrogens (tertiary/aromatic N) is 1. The SMILES string of the molecule is CCCCOc1ccc(/C=C(\C#N)C(=O)Nc2ccc(F)c(Cl)c2)cc1OC. The number of rotatable bonds is 8. The molecule has 7 heteroatoms. The van der Waals surface area contributed by atoms with Gasteiger partial charge in [-0.05, 0) is 48.4 Å². The number of anilines is 1. The molecule has 0 aliphatic heterocycles. The van der Waals surface area contributed by atoms with Gasteiger partial charge in [0.05, 0.1) is 18.7 Å². The summed E-state index contributed by atoms with van der Waals surface area (Å²) in [5.74, 6) is -0.124. The summed E-state index contributed by atoms with van der Waals surface area (Å²) < 4.78 is 24.2. The van der Waals surface area contributed by atoms with Crippen molar-refractivity contribution in [3.05, 3.63) is 58.4 Å². The lowest BCUT2D eigenvalue weighted by atomic mass is 10.1. The van der Waals surface area contributed by atoms with Crippen LogP contribution in [0.5, 0.6) is 11.5 Å². The number of methoxy groups -OCH3 is 1. The molecule has 0 saturated carbocycles. The van der Waals surface area contributed by atoms with Crippen molar-refractivity contribution in [2.24, 2.45) is 0 Å². The second-order valence-electron chi connectivity index (χ2n) is 5.87. The molecule has 0 spiro atoms. The van der Waals surface area contributed by atoms with Gasteiger partial charge in [0.25, 0.3) is 5.91 Å². The molecule has 5 nitrogen and oxygen atoms in total. The van der Waals surface area contributed by atoms with Crippen LogP contribution in [0.1, 0.15) is 25.3 Å². The van der Waals surface area contributed by atoms with Crippen LogP contribution in [-0.2, 0) is 4.79 Å². The molecule has 28 heavy (non-hydrogen) atoms. The number of amides is 1. The van der Waals surface area contributed by atoms with Gasteiger partial charge in [-0.25, -0.2) is 4.39 Å². The molecule has 0 bridgehead atoms. The lowest BCUT2D eigenvalue weighted by Crippen LogP contribution is -2.13. The first-order chi connectivity index (χ1) is 13.5. The average Bonchev–Trinajstić information content (AvgIpc) is 2.69. The summed E-state index contributed by atoms with van der Waals surface area (Å²) in [6, 6.07) is 10.8. The van der Waals surface area contributed by atoms with Crippen LogP contribution in [0.25, 0.3) is 6.08 Å². The summed E-state index contributed by atoms with van der Waals surface area (Å²) >= 11 is 5.70. The predicted molar refractivity (Wildman–Crippen MR) is 107 cm³/mol. The molecular weight excluding hydrogens is 383 g/mol. The molecule has 0 heterocycles. The monoisotopic (exact) mass is 402 g/mol. The molecule has 1 amide bonds. The van der Waals surface area contributed by atoms with Crippen LogP contribution in [0.3, 0.4) is 0 Å². The Hall–Kier alpha value is -3.04. The van der Waals surface area contributed by atoms with E-state index in [0.717, 1.165) is 18.9 Å². The van der Waals surface area contributed by atoms with Crippen LogP contribution in [0, 0.1) is 17.1 Å². The van der Waals surface area contributed by atoms with Crippen molar-refractivity contribution in [2.75, 3.05) is 19.0 Å². The largest absolute Gasteiger partial charge is 0.493 e. The minimum Gasteiger partial charge on any atom is -0.493 e. The zero-order chi connectivity index (χ0) is 20.5. The summed E-state index contributed by atoms with van der Waals surface area (Å²) in [4.78, 5) is 12.3. The van der Waals surface area contributed by atoms with Gasteiger partial charge < -0.3 is 14.8 Å². The fraction of sp³-hybridized carbons (Fsp3) is 0.238. The highest BCUT2D eigenvalue weighted by molar-refractivity contribution is 6.31. The van der Waals surface area contributed by atoms with Crippen molar-refractivity contribution < 1.29 is 18.7 Å². The molecule has 0 radical (unpaired) electrons. The van der Waals surface area contributed by atoms with Crippen LogP contribution < -0.4 is 14.8 Å². The van der Waals surface area contributed by atoms with Gasteiger partial charge in [0.2, 0.25) is 0 Å². The summed E-state index contributed by atoms with van der Waals surface area (Å²) in [6.07, 6.45) is 3.37. The number of benzene rings is 2. The van der Waals surface area contributed by atoms with Crippen molar-refractivity contribution in [1.29, 1.82) is 5.26 Å². The molecule has 2 aromatic rings. The van der Waals surface area contributed by atoms with Crippen LogP contribution >= 0.6 is 11.6 Å². The summed E-state index contributed by atoms with van der Waals surface area (Å²) in [5, 5.41) is 11.7. The van der Waals surface area contributed by atoms with Gasteiger partial charge >= 0.3 is 0 Å². The number of hydrogen-bond acceptors (Lipinski definition) is 4. The van der Waals surface area contributed by atoms with Gasteiger partial charge in [-0.1, -0.05) is 31.0 Å². The molecule has 0 fully saturated rings. The van der Waals surface area contributed by atoms with Crippen LogP contribution in [0.4, 0.5) is 10.1 Å². The van der Waals surface area contributed by atoms with Crippen molar-refractivity contribution in [2.45, 2.75) is 19.8 Å². The quantitative estimate of drug-likeness (QED) is 0.373. The second kappa shape index (κ2) is 10.3. The molecule has 0 aliphatic carbocycles. The van der Waals surface area contributed by atoms with Crippen molar-refractivity contribution in [3.63, 3.8) is 0 Å². The Bertz CT molecular complexity index is 922. The molecule has 0 unspecified atom stereocenters. The fourth-order valence-electron chi connectivity index (χ4n) is 2.31. The summed E-state index contributed by atoms with van der Waals surface area (Å²) in [6.45, 7) is 2.65. The van der Waals surface area contributed by atoms with E-state index in [0.29, 0.717) is 23.7 Å². The van der Waals surface area contributed by atoms with E-state index in [4.69, 9.17) is 21.1 Å². The van der Waals surface area contributed by atoms with Crippen LogP contribution in [-0.4, -0.2) is 19.6 Å². The third-order valence-electron chi connectivity index (χ3n) is 3.80. The molecule has 0 aromatic heterocycles. The molecular formula is C21H20ClFN2O3. The predicted octanol–water partition coefficient (Wildman–Crippen LogP) is 5.21. The fourth-order valence-corrected chi connectivity index (χ4v) is 2.49. The highest BCUT2D eigenvalue weighted by atomic mass is 35.5. The van der Waals surface area contributed by atoms with Crippen molar-refractivity contribution in [1.82, 2.24) is 0 Å². The number of halogens is 2. The zero-order valence-electron chi connectivity index (χ0n) is 15.6. The first-order valence-corrected chi connectivity index (χ1v) is 9.05. The first kappa shape index (κ1) is 21.3. The Morgan fingerprint density at radius 1 is 1.29 bits per heavy atom. The maximum absolute atomic E-state index is 13.2. The number of carbonyl (C=O) groups excluding carboxylic acids is 1. The number of unbranched alkanes of at least 4 members (excludes halogenated alkanes) is 1. The highest BCUT2D eigenvalue weighted by Gasteiger charge is 2.12. The molecule has 1 N–H and O–H groups in total. The van der Waals surface area contributed by atoms with E-state index in [1.165, 1.54) is 25.3 Å². The minimum atomic E-state index is -0.632. The highest BCUT2D eigenvalue weighted by Crippen LogP contribution is 2.29. The van der Waals surface area contributed by atoms with Crippen LogP contribution in [0.2, 0.25) is 5.02 Å². The van der Waals surface area contributed by atoms with E-state index in [1.807, 2.05) is 6.07 Å². The van der Waals surface area contributed by atoms with E-state index in [2.05, 4.69) is 12.2 Å². The lowest BCUT2D eigenvalue weighted by Gasteiger charge is -2.11. The van der Waals surface area contributed by atoms with E-state index in [-0.39, 0.29) is 16.3 Å². The van der Waals surface area contributed by atoms with Crippen LogP contribution in [0.15, 0.2) is 42.0 Å². The van der Waals surface area contributed by atoms with E-state index in [9.17, 15) is 14.4 Å². The number of nitriles is 1. The number of nitrogens with one attached hydrogen (secondary N) is 1. The third-order valence-corrected chi connectivity index (χ3v) is 4.09. The van der Waals surface area contributed by atoms with Gasteiger partial charge in [0, 0.05) is 5.69 Å². The normalized spacial score (nSPS) is 10.9. The standard InChI is InChI=1S/C21H20ClFN2O3/c1-3-4-9-28-19-8-5-14(11-20(19)27-2)10-15(13-24)21(26)25-16-6-7-18(23)17(22)12-16/h5-8,10-12H,3-4,9H2,1-2H3,(H,25,26)/b15-10+. The molecule has 146 valence electrons. The molecule has 0 atom stereocenters. The number of carbonyl (C=O) groups is 1. The zero-order valence-corrected chi connectivity index (χ0v) is 16.3.